The number of likely N-dealkylation sites (tertiary alicyclic amines) is 1. The molecule has 2 saturated heterocycles. The maximum Gasteiger partial charge on any atom is 0.270 e. The molecule has 356 valence electrons. The van der Waals surface area contributed by atoms with Crippen molar-refractivity contribution in [3.63, 3.8) is 0 Å². The zero-order valence-corrected chi connectivity index (χ0v) is 40.1. The van der Waals surface area contributed by atoms with Gasteiger partial charge in [-0.2, -0.15) is 0 Å². The van der Waals surface area contributed by atoms with Gasteiger partial charge in [-0.3, -0.25) is 34.6 Å². The number of aromatic nitrogens is 2. The zero-order valence-electron chi connectivity index (χ0n) is 36.8. The number of nitro groups is 2. The lowest BCUT2D eigenvalue weighted by molar-refractivity contribution is -0.385. The van der Waals surface area contributed by atoms with Gasteiger partial charge >= 0.3 is 0 Å². The lowest BCUT2D eigenvalue weighted by Gasteiger charge is -2.13. The van der Waals surface area contributed by atoms with Crippen LogP contribution in [0.1, 0.15) is 30.6 Å². The van der Waals surface area contributed by atoms with Gasteiger partial charge in [0, 0.05) is 64.3 Å². The highest BCUT2D eigenvalue weighted by Gasteiger charge is 2.24. The second-order valence-electron chi connectivity index (χ2n) is 14.6. The summed E-state index contributed by atoms with van der Waals surface area (Å²) in [4.78, 5) is 33.0. The summed E-state index contributed by atoms with van der Waals surface area (Å²) in [5, 5.41) is 27.3. The number of rotatable bonds is 16. The molecule has 0 bridgehead atoms. The van der Waals surface area contributed by atoms with E-state index in [9.17, 15) is 37.1 Å². The summed E-state index contributed by atoms with van der Waals surface area (Å²) in [5.74, 6) is 1.39. The van der Waals surface area contributed by atoms with Crippen molar-refractivity contribution in [2.75, 3.05) is 64.1 Å². The fourth-order valence-electron chi connectivity index (χ4n) is 6.81. The molecule has 20 nitrogen and oxygen atoms in total. The molecule has 6 aromatic rings. The van der Waals surface area contributed by atoms with Crippen molar-refractivity contribution in [2.45, 2.75) is 42.0 Å². The van der Waals surface area contributed by atoms with Gasteiger partial charge in [0.1, 0.15) is 0 Å². The van der Waals surface area contributed by atoms with E-state index in [0.717, 1.165) is 42.1 Å². The molecule has 67 heavy (non-hydrogen) atoms. The maximum atomic E-state index is 13.1. The predicted molar refractivity (Wildman–Crippen MR) is 256 cm³/mol. The molecule has 0 unspecified atom stereocenters. The Morgan fingerprint density at radius 1 is 0.657 bits per heavy atom. The molecule has 0 radical (unpaired) electrons. The second kappa shape index (κ2) is 22.8. The number of methoxy groups -OCH3 is 4. The summed E-state index contributed by atoms with van der Waals surface area (Å²) in [6, 6.07) is 20.7. The van der Waals surface area contributed by atoms with Crippen molar-refractivity contribution >= 4 is 64.4 Å². The molecular formula is C43H48N8O12S4. The van der Waals surface area contributed by atoms with Crippen LogP contribution < -0.4 is 33.7 Å². The van der Waals surface area contributed by atoms with Crippen LogP contribution >= 0.6 is 22.7 Å². The van der Waals surface area contributed by atoms with Crippen LogP contribution in [0, 0.1) is 20.2 Å². The highest BCUT2D eigenvalue weighted by molar-refractivity contribution is 7.93. The summed E-state index contributed by atoms with van der Waals surface area (Å²) in [6.07, 6.45) is 4.98. The monoisotopic (exact) mass is 996 g/mol. The van der Waals surface area contributed by atoms with Crippen LogP contribution in [-0.2, 0) is 26.6 Å². The highest BCUT2D eigenvalue weighted by Crippen LogP contribution is 2.37. The Bertz CT molecular complexity index is 2890. The molecule has 0 aliphatic carbocycles. The first kappa shape index (κ1) is 50.0. The van der Waals surface area contributed by atoms with Gasteiger partial charge < -0.3 is 24.3 Å². The van der Waals surface area contributed by atoms with Crippen LogP contribution in [-0.4, -0.2) is 96.2 Å². The summed E-state index contributed by atoms with van der Waals surface area (Å²) in [6.45, 7) is 4.98. The van der Waals surface area contributed by atoms with Crippen molar-refractivity contribution < 1.29 is 45.6 Å². The van der Waals surface area contributed by atoms with Crippen LogP contribution in [0.5, 0.6) is 23.0 Å². The van der Waals surface area contributed by atoms with E-state index in [4.69, 9.17) is 18.9 Å². The molecule has 0 spiro atoms. The van der Waals surface area contributed by atoms with E-state index in [1.54, 1.807) is 29.6 Å². The van der Waals surface area contributed by atoms with Gasteiger partial charge in [0.05, 0.1) is 59.5 Å². The lowest BCUT2D eigenvalue weighted by Crippen LogP contribution is -2.18. The second-order valence-corrected chi connectivity index (χ2v) is 19.9. The summed E-state index contributed by atoms with van der Waals surface area (Å²) < 4.78 is 77.0. The van der Waals surface area contributed by atoms with Crippen LogP contribution in [0.3, 0.4) is 0 Å². The van der Waals surface area contributed by atoms with Crippen LogP contribution in [0.25, 0.3) is 22.5 Å². The van der Waals surface area contributed by atoms with Crippen molar-refractivity contribution in [1.29, 1.82) is 0 Å². The molecule has 2 fully saturated rings. The Balaban J connectivity index is 0.000000203. The molecule has 2 aliphatic rings. The molecule has 2 aliphatic heterocycles. The van der Waals surface area contributed by atoms with E-state index in [1.807, 2.05) is 0 Å². The Morgan fingerprint density at radius 2 is 1.16 bits per heavy atom. The van der Waals surface area contributed by atoms with Crippen LogP contribution in [0.2, 0.25) is 0 Å². The number of sulfonamides is 2. The Morgan fingerprint density at radius 3 is 1.66 bits per heavy atom. The predicted octanol–water partition coefficient (Wildman–Crippen LogP) is 8.04. The zero-order chi connectivity index (χ0) is 48.1. The molecule has 8 rings (SSSR count). The number of thiazole rings is 2. The van der Waals surface area contributed by atoms with Gasteiger partial charge in [0.2, 0.25) is 0 Å². The molecule has 0 atom stereocenters. The number of hydrogen-bond donors (Lipinski definition) is 3. The lowest BCUT2D eigenvalue weighted by atomic mass is 10.1. The smallest absolute Gasteiger partial charge is 0.270 e. The average molecular weight is 997 g/mol. The van der Waals surface area contributed by atoms with Gasteiger partial charge in [0.25, 0.3) is 31.4 Å². The number of benzene rings is 4. The first-order chi connectivity index (χ1) is 32.1. The largest absolute Gasteiger partial charge is 0.493 e. The first-order valence-corrected chi connectivity index (χ1v) is 25.2. The normalized spacial score (nSPS) is 13.6. The fraction of sp³-hybridized carbons (Fsp3) is 0.302. The van der Waals surface area contributed by atoms with E-state index in [-0.39, 0.29) is 42.9 Å². The standard InChI is InChI=1S/C22H24N4O6S2.C17H15N3O6S2.C4H9N/c1-31-18-9-8-17(13-19(18)32-2)34(29,30)24-22-23-21(15-6-5-7-16(12-15)26(27)28)20(33-22)14-25-10-3-4-11-25;1-25-15-7-6-13(9-16(15)26-2)28(23,24)19-17-18-14(10-27-17)11-4-3-5-12(8-11)20(21)22;1-2-4-5-3-1/h5-9,12-13H,3-4,10-11,14H2,1-2H3,(H,23,24);3-10H,1-2H3,(H,18,19);5H,1-4H2. The number of nitrogens with zero attached hydrogens (tertiary/aromatic N) is 5. The molecule has 0 amide bonds. The molecule has 4 aromatic carbocycles. The highest BCUT2D eigenvalue weighted by atomic mass is 32.2. The minimum atomic E-state index is -3.96. The number of nitro benzene ring substituents is 2. The van der Waals surface area contributed by atoms with Gasteiger partial charge in [-0.05, 0) is 76.1 Å². The number of anilines is 2. The molecular weight excluding hydrogens is 949 g/mol. The van der Waals surface area contributed by atoms with Crippen molar-refractivity contribution in [2.24, 2.45) is 0 Å². The minimum absolute atomic E-state index is 0.00154. The van der Waals surface area contributed by atoms with Gasteiger partial charge in [-0.25, -0.2) is 26.8 Å². The van der Waals surface area contributed by atoms with E-state index in [1.165, 1.54) is 126 Å². The SMILES string of the molecule is C1CCNC1.COc1ccc(S(=O)(=O)Nc2nc(-c3cccc([N+](=O)[O-])c3)c(CN3CCCC3)s2)cc1OC.COc1ccc(S(=O)(=O)Nc2nc(-c3cccc([N+](=O)[O-])c3)cs2)cc1OC. The molecule has 3 N–H and O–H groups in total. The van der Waals surface area contributed by atoms with Gasteiger partial charge in [-0.15, -0.1) is 11.3 Å². The number of nitrogens with one attached hydrogen (secondary N) is 3. The first-order valence-electron chi connectivity index (χ1n) is 20.5. The average Bonchev–Trinajstić information content (AvgIpc) is 4.20. The van der Waals surface area contributed by atoms with Gasteiger partial charge in [0.15, 0.2) is 33.3 Å². The Kier molecular flexibility index (Phi) is 17.0. The third-order valence-electron chi connectivity index (χ3n) is 10.2. The van der Waals surface area contributed by atoms with Crippen molar-refractivity contribution in [3.8, 4) is 45.5 Å². The number of hydrogen-bond acceptors (Lipinski definition) is 18. The Hall–Kier alpha value is -6.44. The maximum absolute atomic E-state index is 13.1. The molecule has 4 heterocycles. The van der Waals surface area contributed by atoms with E-state index >= 15 is 0 Å². The van der Waals surface area contributed by atoms with E-state index in [0.29, 0.717) is 40.6 Å². The molecule has 0 saturated carbocycles. The Labute approximate surface area is 395 Å². The number of non-ortho nitro benzene ring substituents is 2. The third-order valence-corrected chi connectivity index (χ3v) is 14.8. The van der Waals surface area contributed by atoms with Crippen LogP contribution in [0.4, 0.5) is 21.6 Å². The topological polar surface area (TPSA) is 257 Å². The number of ether oxygens (including phenoxy) is 4. The minimum Gasteiger partial charge on any atom is -0.493 e. The van der Waals surface area contributed by atoms with Crippen molar-refractivity contribution in [3.05, 3.63) is 115 Å². The summed E-state index contributed by atoms with van der Waals surface area (Å²) in [7, 11) is -2.11. The summed E-state index contributed by atoms with van der Waals surface area (Å²) >= 11 is 2.30. The fourth-order valence-corrected chi connectivity index (χ4v) is 11.1. The van der Waals surface area contributed by atoms with Crippen molar-refractivity contribution in [1.82, 2.24) is 20.2 Å². The molecule has 24 heteroatoms. The van der Waals surface area contributed by atoms with E-state index < -0.39 is 29.9 Å². The van der Waals surface area contributed by atoms with Crippen LogP contribution in [0.15, 0.2) is 100 Å². The van der Waals surface area contributed by atoms with E-state index in [2.05, 4.69) is 29.6 Å². The summed E-state index contributed by atoms with van der Waals surface area (Å²) in [5.41, 5.74) is 1.92. The van der Waals surface area contributed by atoms with Gasteiger partial charge in [-0.1, -0.05) is 35.6 Å². The molecule has 2 aromatic heterocycles. The quantitative estimate of drug-likeness (QED) is 0.0612. The third kappa shape index (κ3) is 13.1.